The van der Waals surface area contributed by atoms with Crippen LogP contribution in [0.5, 0.6) is 0 Å². The number of thioether (sulfide) groups is 1. The van der Waals surface area contributed by atoms with E-state index < -0.39 is 10.0 Å². The van der Waals surface area contributed by atoms with Crippen LogP contribution in [-0.2, 0) is 26.8 Å². The number of nitrogens with one attached hydrogen (secondary N) is 2. The van der Waals surface area contributed by atoms with Gasteiger partial charge in [-0.25, -0.2) is 18.4 Å². The number of hydrogen-bond donors (Lipinski definition) is 2. The first kappa shape index (κ1) is 29.9. The van der Waals surface area contributed by atoms with Crippen molar-refractivity contribution in [3.63, 3.8) is 0 Å². The maximum absolute atomic E-state index is 12.8. The first-order valence-corrected chi connectivity index (χ1v) is 15.4. The average Bonchev–Trinajstić information content (AvgIpc) is 3.29. The van der Waals surface area contributed by atoms with Crippen molar-refractivity contribution >= 4 is 39.2 Å². The van der Waals surface area contributed by atoms with Crippen molar-refractivity contribution in [3.8, 4) is 11.4 Å². The predicted molar refractivity (Wildman–Crippen MR) is 162 cm³/mol. The molecule has 2 aromatic heterocycles. The number of allylic oxidation sites excluding steroid dienone is 1. The lowest BCUT2D eigenvalue weighted by atomic mass is 9.87. The molecule has 0 aliphatic rings. The van der Waals surface area contributed by atoms with E-state index in [1.54, 1.807) is 26.0 Å². The summed E-state index contributed by atoms with van der Waals surface area (Å²) in [6.45, 7) is 14.3. The third-order valence-corrected chi connectivity index (χ3v) is 8.36. The lowest BCUT2D eigenvalue weighted by Crippen LogP contribution is -2.16. The molecule has 4 aromatic rings. The van der Waals surface area contributed by atoms with Crippen LogP contribution in [0.3, 0.4) is 0 Å². The Bertz CT molecular complexity index is 1640. The number of anilines is 2. The van der Waals surface area contributed by atoms with E-state index in [2.05, 4.69) is 69.7 Å². The van der Waals surface area contributed by atoms with Gasteiger partial charge < -0.3 is 5.32 Å². The van der Waals surface area contributed by atoms with Gasteiger partial charge in [-0.2, -0.15) is 0 Å². The largest absolute Gasteiger partial charge is 0.325 e. The number of benzene rings is 2. The van der Waals surface area contributed by atoms with Crippen LogP contribution in [0.1, 0.15) is 37.9 Å². The topological polar surface area (TPSA) is 132 Å². The lowest BCUT2D eigenvalue weighted by molar-refractivity contribution is -0.113. The van der Waals surface area contributed by atoms with Crippen LogP contribution in [-0.4, -0.2) is 44.8 Å². The number of carbonyl (C=O) groups excluding carboxylic acids is 1. The first-order valence-electron chi connectivity index (χ1n) is 12.9. The molecule has 0 fully saturated rings. The van der Waals surface area contributed by atoms with Crippen molar-refractivity contribution in [2.75, 3.05) is 15.8 Å². The van der Waals surface area contributed by atoms with Gasteiger partial charge in [0, 0.05) is 29.6 Å². The molecule has 0 saturated heterocycles. The molecule has 4 rings (SSSR count). The monoisotopic (exact) mass is 591 g/mol. The highest BCUT2D eigenvalue weighted by Crippen LogP contribution is 2.28. The van der Waals surface area contributed by atoms with E-state index in [9.17, 15) is 13.2 Å². The van der Waals surface area contributed by atoms with Crippen molar-refractivity contribution in [1.82, 2.24) is 24.7 Å². The second kappa shape index (κ2) is 12.2. The number of aromatic nitrogens is 5. The molecule has 2 N–H and O–H groups in total. The molecule has 12 heteroatoms. The van der Waals surface area contributed by atoms with Gasteiger partial charge in [-0.1, -0.05) is 62.9 Å². The zero-order chi connectivity index (χ0) is 29.8. The minimum atomic E-state index is -3.86. The summed E-state index contributed by atoms with van der Waals surface area (Å²) in [6.07, 6.45) is 1.76. The Morgan fingerprint density at radius 2 is 1.71 bits per heavy atom. The molecule has 0 spiro atoms. The Hall–Kier alpha value is -4.03. The van der Waals surface area contributed by atoms with Gasteiger partial charge in [-0.3, -0.25) is 14.1 Å². The van der Waals surface area contributed by atoms with Crippen molar-refractivity contribution in [2.24, 2.45) is 0 Å². The van der Waals surface area contributed by atoms with Crippen molar-refractivity contribution in [1.29, 1.82) is 0 Å². The molecule has 10 nitrogen and oxygen atoms in total. The number of rotatable bonds is 10. The molecule has 214 valence electrons. The average molecular weight is 592 g/mol. The SMILES string of the molecule is C=CCn1c(SCC(=O)Nc2ccc(S(=O)(=O)Nc3cc(C)nc(C)n3)cc2)nnc1-c1ccc(C(C)(C)C)cc1. The fraction of sp³-hybridized carbons (Fsp3) is 0.276. The van der Waals surface area contributed by atoms with E-state index in [0.717, 1.165) is 5.56 Å². The van der Waals surface area contributed by atoms with Crippen LogP contribution in [0, 0.1) is 13.8 Å². The van der Waals surface area contributed by atoms with E-state index in [4.69, 9.17) is 0 Å². The van der Waals surface area contributed by atoms with Gasteiger partial charge in [-0.15, -0.1) is 16.8 Å². The standard InChI is InChI=1S/C29H33N7O3S2/c1-7-16-36-27(21-8-10-22(11-9-21)29(4,5)6)33-34-28(36)40-18-26(37)32-23-12-14-24(15-13-23)41(38,39)35-25-17-19(2)30-20(3)31-25/h7-15,17H,1,16,18H2,2-6H3,(H,32,37)(H,30,31,35). The highest BCUT2D eigenvalue weighted by molar-refractivity contribution is 7.99. The zero-order valence-corrected chi connectivity index (χ0v) is 25.3. The van der Waals surface area contributed by atoms with Crippen molar-refractivity contribution in [2.45, 2.75) is 56.6 Å². The summed E-state index contributed by atoms with van der Waals surface area (Å²) in [5.41, 5.74) is 3.32. The van der Waals surface area contributed by atoms with Gasteiger partial charge in [0.15, 0.2) is 11.0 Å². The fourth-order valence-corrected chi connectivity index (χ4v) is 5.77. The van der Waals surface area contributed by atoms with E-state index in [1.165, 1.54) is 41.6 Å². The molecule has 0 radical (unpaired) electrons. The maximum atomic E-state index is 12.8. The smallest absolute Gasteiger partial charge is 0.263 e. The van der Waals surface area contributed by atoms with E-state index in [1.807, 2.05) is 16.7 Å². The Labute approximate surface area is 244 Å². The summed E-state index contributed by atoms with van der Waals surface area (Å²) >= 11 is 1.26. The Kier molecular flexibility index (Phi) is 8.93. The van der Waals surface area contributed by atoms with E-state index >= 15 is 0 Å². The van der Waals surface area contributed by atoms with Gasteiger partial charge in [0.05, 0.1) is 10.6 Å². The number of amides is 1. The summed E-state index contributed by atoms with van der Waals surface area (Å²) in [7, 11) is -3.86. The summed E-state index contributed by atoms with van der Waals surface area (Å²) in [6, 6.07) is 15.7. The minimum absolute atomic E-state index is 0.0411. The second-order valence-electron chi connectivity index (χ2n) is 10.4. The quantitative estimate of drug-likeness (QED) is 0.186. The molecule has 0 aliphatic heterocycles. The summed E-state index contributed by atoms with van der Waals surface area (Å²) in [5, 5.41) is 12.1. The second-order valence-corrected chi connectivity index (χ2v) is 13.1. The van der Waals surface area contributed by atoms with Crippen LogP contribution in [0.25, 0.3) is 11.4 Å². The highest BCUT2D eigenvalue weighted by atomic mass is 32.2. The van der Waals surface area contributed by atoms with E-state index in [0.29, 0.717) is 34.7 Å². The van der Waals surface area contributed by atoms with Gasteiger partial charge in [0.2, 0.25) is 5.91 Å². The molecule has 1 amide bonds. The summed E-state index contributed by atoms with van der Waals surface area (Å²) < 4.78 is 29.9. The summed E-state index contributed by atoms with van der Waals surface area (Å²) in [5.74, 6) is 1.18. The molecular formula is C29H33N7O3S2. The molecule has 0 atom stereocenters. The fourth-order valence-electron chi connectivity index (χ4n) is 4.03. The van der Waals surface area contributed by atoms with Crippen LogP contribution in [0.15, 0.2) is 77.3 Å². The van der Waals surface area contributed by atoms with Crippen LogP contribution < -0.4 is 10.0 Å². The van der Waals surface area contributed by atoms with Crippen LogP contribution in [0.4, 0.5) is 11.5 Å². The Balaban J connectivity index is 1.39. The Morgan fingerprint density at radius 1 is 1.02 bits per heavy atom. The lowest BCUT2D eigenvalue weighted by Gasteiger charge is -2.19. The number of sulfonamides is 1. The number of hydrogen-bond acceptors (Lipinski definition) is 8. The van der Waals surface area contributed by atoms with Crippen molar-refractivity contribution in [3.05, 3.63) is 84.3 Å². The van der Waals surface area contributed by atoms with E-state index in [-0.39, 0.29) is 27.8 Å². The third-order valence-electron chi connectivity index (χ3n) is 6.02. The Morgan fingerprint density at radius 3 is 2.32 bits per heavy atom. The normalized spacial score (nSPS) is 11.7. The van der Waals surface area contributed by atoms with Crippen LogP contribution >= 0.6 is 11.8 Å². The molecule has 0 aliphatic carbocycles. The third kappa shape index (κ3) is 7.59. The molecule has 41 heavy (non-hydrogen) atoms. The number of aryl methyl sites for hydroxylation is 2. The molecule has 0 saturated carbocycles. The highest BCUT2D eigenvalue weighted by Gasteiger charge is 2.19. The molecule has 2 aromatic carbocycles. The van der Waals surface area contributed by atoms with Crippen LogP contribution in [0.2, 0.25) is 0 Å². The summed E-state index contributed by atoms with van der Waals surface area (Å²) in [4.78, 5) is 21.0. The first-order chi connectivity index (χ1) is 19.4. The van der Waals surface area contributed by atoms with Crippen molar-refractivity contribution < 1.29 is 13.2 Å². The van der Waals surface area contributed by atoms with Gasteiger partial charge in [-0.05, 0) is 49.1 Å². The van der Waals surface area contributed by atoms with Gasteiger partial charge in [0.25, 0.3) is 10.0 Å². The molecular weight excluding hydrogens is 558 g/mol. The van der Waals surface area contributed by atoms with Gasteiger partial charge in [0.1, 0.15) is 11.6 Å². The molecule has 0 unspecified atom stereocenters. The number of carbonyl (C=O) groups is 1. The molecule has 2 heterocycles. The predicted octanol–water partition coefficient (Wildman–Crippen LogP) is 5.37. The maximum Gasteiger partial charge on any atom is 0.263 e. The minimum Gasteiger partial charge on any atom is -0.325 e. The number of nitrogens with zero attached hydrogens (tertiary/aromatic N) is 5. The molecule has 0 bridgehead atoms. The van der Waals surface area contributed by atoms with Gasteiger partial charge >= 0.3 is 0 Å². The zero-order valence-electron chi connectivity index (χ0n) is 23.7.